The molecule has 2 rings (SSSR count). The molecule has 1 fully saturated rings. The number of carboxylic acids is 1. The third kappa shape index (κ3) is 4.98. The summed E-state index contributed by atoms with van der Waals surface area (Å²) in [6.45, 7) is 4.97. The minimum Gasteiger partial charge on any atom is -0.480 e. The number of carbonyl (C=O) groups is 2. The molecule has 0 aromatic heterocycles. The minimum atomic E-state index is -0.979. The Kier molecular flexibility index (Phi) is 6.02. The highest BCUT2D eigenvalue weighted by atomic mass is 16.4. The van der Waals surface area contributed by atoms with E-state index in [-0.39, 0.29) is 11.9 Å². The maximum absolute atomic E-state index is 12.2. The van der Waals surface area contributed by atoms with Crippen molar-refractivity contribution in [2.24, 2.45) is 11.8 Å². The van der Waals surface area contributed by atoms with Crippen LogP contribution in [-0.2, 0) is 11.2 Å². The summed E-state index contributed by atoms with van der Waals surface area (Å²) in [4.78, 5) is 25.2. The molecule has 1 saturated heterocycles. The standard InChI is InChI=1S/C18H26N2O3/c1-13(2)16(17(21)22)19-18(23)20-10-8-15(9-11-20)12-14-6-4-3-5-7-14/h3-7,13,15-16H,8-12H2,1-2H3,(H,19,23)(H,21,22)/t16-/m0/s1. The Labute approximate surface area is 137 Å². The lowest BCUT2D eigenvalue weighted by Crippen LogP contribution is -2.52. The van der Waals surface area contributed by atoms with Crippen molar-refractivity contribution in [2.75, 3.05) is 13.1 Å². The number of benzene rings is 1. The number of carbonyl (C=O) groups excluding carboxylic acids is 1. The van der Waals surface area contributed by atoms with Crippen LogP contribution in [0.15, 0.2) is 30.3 Å². The van der Waals surface area contributed by atoms with Crippen LogP contribution in [0.3, 0.4) is 0 Å². The van der Waals surface area contributed by atoms with E-state index in [1.165, 1.54) is 5.56 Å². The molecule has 23 heavy (non-hydrogen) atoms. The molecule has 1 aliphatic heterocycles. The molecule has 0 spiro atoms. The highest BCUT2D eigenvalue weighted by Crippen LogP contribution is 2.21. The summed E-state index contributed by atoms with van der Waals surface area (Å²) in [6.07, 6.45) is 2.96. The molecule has 1 aromatic rings. The van der Waals surface area contributed by atoms with Crippen LogP contribution in [0.5, 0.6) is 0 Å². The van der Waals surface area contributed by atoms with E-state index in [4.69, 9.17) is 5.11 Å². The van der Waals surface area contributed by atoms with Gasteiger partial charge in [0.05, 0.1) is 0 Å². The van der Waals surface area contributed by atoms with Crippen molar-refractivity contribution >= 4 is 12.0 Å². The Bertz CT molecular complexity index is 522. The van der Waals surface area contributed by atoms with Crippen molar-refractivity contribution < 1.29 is 14.7 Å². The van der Waals surface area contributed by atoms with E-state index >= 15 is 0 Å². The quantitative estimate of drug-likeness (QED) is 0.877. The Morgan fingerprint density at radius 3 is 2.35 bits per heavy atom. The molecule has 1 aromatic carbocycles. The first-order chi connectivity index (χ1) is 11.0. The number of rotatable bonds is 5. The molecule has 2 amide bonds. The molecule has 0 aliphatic carbocycles. The number of nitrogens with zero attached hydrogens (tertiary/aromatic N) is 1. The summed E-state index contributed by atoms with van der Waals surface area (Å²) in [7, 11) is 0. The summed E-state index contributed by atoms with van der Waals surface area (Å²) in [5.74, 6) is -0.527. The number of carboxylic acid groups (broad SMARTS) is 1. The Morgan fingerprint density at radius 2 is 1.83 bits per heavy atom. The number of hydrogen-bond acceptors (Lipinski definition) is 2. The zero-order valence-corrected chi connectivity index (χ0v) is 13.9. The van der Waals surface area contributed by atoms with Gasteiger partial charge < -0.3 is 15.3 Å². The van der Waals surface area contributed by atoms with Gasteiger partial charge in [-0.3, -0.25) is 0 Å². The highest BCUT2D eigenvalue weighted by molar-refractivity contribution is 5.82. The van der Waals surface area contributed by atoms with Crippen molar-refractivity contribution in [1.82, 2.24) is 10.2 Å². The maximum Gasteiger partial charge on any atom is 0.326 e. The van der Waals surface area contributed by atoms with Crippen molar-refractivity contribution in [3.8, 4) is 0 Å². The van der Waals surface area contributed by atoms with Gasteiger partial charge in [-0.25, -0.2) is 9.59 Å². The van der Waals surface area contributed by atoms with Crippen LogP contribution < -0.4 is 5.32 Å². The van der Waals surface area contributed by atoms with Gasteiger partial charge in [-0.2, -0.15) is 0 Å². The number of hydrogen-bond donors (Lipinski definition) is 2. The van der Waals surface area contributed by atoms with E-state index in [1.54, 1.807) is 18.7 Å². The monoisotopic (exact) mass is 318 g/mol. The molecule has 5 nitrogen and oxygen atoms in total. The molecule has 0 bridgehead atoms. The van der Waals surface area contributed by atoms with Crippen molar-refractivity contribution in [1.29, 1.82) is 0 Å². The number of urea groups is 1. The summed E-state index contributed by atoms with van der Waals surface area (Å²) < 4.78 is 0. The van der Waals surface area contributed by atoms with Crippen LogP contribution in [-0.4, -0.2) is 41.1 Å². The normalized spacial score (nSPS) is 17.1. The Hall–Kier alpha value is -2.04. The van der Waals surface area contributed by atoms with Gasteiger partial charge in [-0.15, -0.1) is 0 Å². The summed E-state index contributed by atoms with van der Waals surface area (Å²) in [5.41, 5.74) is 1.33. The van der Waals surface area contributed by atoms with Crippen molar-refractivity contribution in [3.63, 3.8) is 0 Å². The second-order valence-corrected chi connectivity index (χ2v) is 6.63. The van der Waals surface area contributed by atoms with E-state index in [2.05, 4.69) is 29.6 Å². The van der Waals surface area contributed by atoms with E-state index < -0.39 is 12.0 Å². The van der Waals surface area contributed by atoms with E-state index in [0.717, 1.165) is 19.3 Å². The Morgan fingerprint density at radius 1 is 1.22 bits per heavy atom. The first-order valence-corrected chi connectivity index (χ1v) is 8.29. The third-order valence-electron chi connectivity index (χ3n) is 4.48. The van der Waals surface area contributed by atoms with E-state index in [0.29, 0.717) is 19.0 Å². The largest absolute Gasteiger partial charge is 0.480 e. The van der Waals surface area contributed by atoms with Gasteiger partial charge in [-0.1, -0.05) is 44.2 Å². The predicted molar refractivity (Wildman–Crippen MR) is 89.2 cm³/mol. The van der Waals surface area contributed by atoms with Crippen molar-refractivity contribution in [2.45, 2.75) is 39.2 Å². The van der Waals surface area contributed by atoms with Gasteiger partial charge in [0.2, 0.25) is 0 Å². The predicted octanol–water partition coefficient (Wildman–Crippen LogP) is 2.76. The number of aliphatic carboxylic acids is 1. The summed E-state index contributed by atoms with van der Waals surface area (Å²) in [5, 5.41) is 11.8. The lowest BCUT2D eigenvalue weighted by molar-refractivity contribution is -0.140. The molecule has 126 valence electrons. The average Bonchev–Trinajstić information content (AvgIpc) is 2.53. The first-order valence-electron chi connectivity index (χ1n) is 8.29. The molecule has 0 radical (unpaired) electrons. The molecule has 1 aliphatic rings. The van der Waals surface area contributed by atoms with Gasteiger partial charge in [0.1, 0.15) is 6.04 Å². The van der Waals surface area contributed by atoms with E-state index in [9.17, 15) is 9.59 Å². The van der Waals surface area contributed by atoms with E-state index in [1.807, 2.05) is 6.07 Å². The topological polar surface area (TPSA) is 69.6 Å². The number of amides is 2. The van der Waals surface area contributed by atoms with Gasteiger partial charge in [0.25, 0.3) is 0 Å². The molecule has 2 N–H and O–H groups in total. The van der Waals surface area contributed by atoms with Crippen LogP contribution in [0.4, 0.5) is 4.79 Å². The molecular formula is C18H26N2O3. The first kappa shape index (κ1) is 17.3. The summed E-state index contributed by atoms with van der Waals surface area (Å²) in [6, 6.07) is 9.31. The zero-order chi connectivity index (χ0) is 16.8. The SMILES string of the molecule is CC(C)[C@H](NC(=O)N1CCC(Cc2ccccc2)CC1)C(=O)O. The molecular weight excluding hydrogens is 292 g/mol. The van der Waals surface area contributed by atoms with Gasteiger partial charge in [0, 0.05) is 13.1 Å². The zero-order valence-electron chi connectivity index (χ0n) is 13.9. The number of likely N-dealkylation sites (tertiary alicyclic amines) is 1. The van der Waals surface area contributed by atoms with Crippen molar-refractivity contribution in [3.05, 3.63) is 35.9 Å². The number of nitrogens with one attached hydrogen (secondary N) is 1. The van der Waals surface area contributed by atoms with Crippen LogP contribution in [0, 0.1) is 11.8 Å². The maximum atomic E-state index is 12.2. The molecule has 0 unspecified atom stereocenters. The second-order valence-electron chi connectivity index (χ2n) is 6.63. The second kappa shape index (κ2) is 7.99. The van der Waals surface area contributed by atoms with Crippen LogP contribution in [0.1, 0.15) is 32.3 Å². The van der Waals surface area contributed by atoms with Gasteiger partial charge >= 0.3 is 12.0 Å². The fraction of sp³-hybridized carbons (Fsp3) is 0.556. The molecule has 5 heteroatoms. The van der Waals surface area contributed by atoms with Crippen LogP contribution in [0.25, 0.3) is 0 Å². The minimum absolute atomic E-state index is 0.132. The Balaban J connectivity index is 1.81. The smallest absolute Gasteiger partial charge is 0.326 e. The fourth-order valence-electron chi connectivity index (χ4n) is 3.03. The lowest BCUT2D eigenvalue weighted by atomic mass is 9.90. The third-order valence-corrected chi connectivity index (χ3v) is 4.48. The average molecular weight is 318 g/mol. The lowest BCUT2D eigenvalue weighted by Gasteiger charge is -2.33. The van der Waals surface area contributed by atoms with Gasteiger partial charge in [0.15, 0.2) is 0 Å². The van der Waals surface area contributed by atoms with Gasteiger partial charge in [-0.05, 0) is 36.7 Å². The summed E-state index contributed by atoms with van der Waals surface area (Å²) >= 11 is 0. The molecule has 1 atom stereocenters. The molecule has 1 heterocycles. The highest BCUT2D eigenvalue weighted by Gasteiger charge is 2.28. The fourth-order valence-corrected chi connectivity index (χ4v) is 3.03. The van der Waals surface area contributed by atoms with Crippen LogP contribution >= 0.6 is 0 Å². The number of piperidine rings is 1. The van der Waals surface area contributed by atoms with Crippen LogP contribution in [0.2, 0.25) is 0 Å². The molecule has 0 saturated carbocycles.